The predicted molar refractivity (Wildman–Crippen MR) is 75.3 cm³/mol. The van der Waals surface area contributed by atoms with Gasteiger partial charge in [0.25, 0.3) is 0 Å². The van der Waals surface area contributed by atoms with Gasteiger partial charge in [0.1, 0.15) is 0 Å². The Morgan fingerprint density at radius 1 is 1.17 bits per heavy atom. The molecule has 0 aliphatic carbocycles. The van der Waals surface area contributed by atoms with Gasteiger partial charge in [-0.3, -0.25) is 4.40 Å². The zero-order valence-electron chi connectivity index (χ0n) is 9.76. The summed E-state index contributed by atoms with van der Waals surface area (Å²) in [6.07, 6.45) is 1.84. The second kappa shape index (κ2) is 4.10. The summed E-state index contributed by atoms with van der Waals surface area (Å²) in [4.78, 5) is 0. The molecule has 4 nitrogen and oxygen atoms in total. The normalized spacial score (nSPS) is 11.0. The first-order chi connectivity index (χ1) is 8.66. The van der Waals surface area contributed by atoms with Crippen LogP contribution in [-0.4, -0.2) is 14.6 Å². The standard InChI is InChI=1S/C13H11BrN4/c1-8-10(3-2-4-11(8)14)13-17-16-12-6-5-9(15)7-18(12)13/h2-7H,15H2,1H3. The van der Waals surface area contributed by atoms with Crippen LogP contribution in [-0.2, 0) is 0 Å². The highest BCUT2D eigenvalue weighted by molar-refractivity contribution is 9.10. The molecule has 0 aliphatic heterocycles. The largest absolute Gasteiger partial charge is 0.398 e. The minimum atomic E-state index is 0.691. The summed E-state index contributed by atoms with van der Waals surface area (Å²) in [7, 11) is 0. The molecule has 1 aromatic carbocycles. The van der Waals surface area contributed by atoms with Crippen molar-refractivity contribution in [2.24, 2.45) is 0 Å². The lowest BCUT2D eigenvalue weighted by Gasteiger charge is -2.06. The van der Waals surface area contributed by atoms with Crippen molar-refractivity contribution in [2.45, 2.75) is 6.92 Å². The Hall–Kier alpha value is -1.88. The van der Waals surface area contributed by atoms with E-state index >= 15 is 0 Å². The van der Waals surface area contributed by atoms with E-state index in [-0.39, 0.29) is 0 Å². The molecule has 0 spiro atoms. The average molecular weight is 303 g/mol. The van der Waals surface area contributed by atoms with Gasteiger partial charge >= 0.3 is 0 Å². The lowest BCUT2D eigenvalue weighted by Crippen LogP contribution is -1.94. The molecule has 18 heavy (non-hydrogen) atoms. The lowest BCUT2D eigenvalue weighted by molar-refractivity contribution is 1.11. The Bertz CT molecular complexity index is 733. The van der Waals surface area contributed by atoms with E-state index in [2.05, 4.69) is 26.1 Å². The highest BCUT2D eigenvalue weighted by Gasteiger charge is 2.11. The van der Waals surface area contributed by atoms with Crippen molar-refractivity contribution in [1.82, 2.24) is 14.6 Å². The van der Waals surface area contributed by atoms with E-state index in [1.807, 2.05) is 47.9 Å². The maximum Gasteiger partial charge on any atom is 0.168 e. The summed E-state index contributed by atoms with van der Waals surface area (Å²) >= 11 is 3.53. The van der Waals surface area contributed by atoms with Crippen LogP contribution < -0.4 is 5.73 Å². The number of pyridine rings is 1. The molecule has 0 aliphatic rings. The monoisotopic (exact) mass is 302 g/mol. The number of nitrogen functional groups attached to an aromatic ring is 1. The third-order valence-corrected chi connectivity index (χ3v) is 3.79. The van der Waals surface area contributed by atoms with Crippen LogP contribution >= 0.6 is 15.9 Å². The molecule has 2 N–H and O–H groups in total. The van der Waals surface area contributed by atoms with Gasteiger partial charge < -0.3 is 5.73 Å². The number of halogens is 1. The quantitative estimate of drug-likeness (QED) is 0.751. The zero-order chi connectivity index (χ0) is 12.7. The fourth-order valence-electron chi connectivity index (χ4n) is 1.94. The van der Waals surface area contributed by atoms with E-state index in [0.29, 0.717) is 5.69 Å². The number of anilines is 1. The van der Waals surface area contributed by atoms with Crippen molar-refractivity contribution in [3.63, 3.8) is 0 Å². The molecule has 2 aromatic heterocycles. The van der Waals surface area contributed by atoms with E-state index in [1.165, 1.54) is 0 Å². The fraction of sp³-hybridized carbons (Fsp3) is 0.0769. The highest BCUT2D eigenvalue weighted by Crippen LogP contribution is 2.27. The smallest absolute Gasteiger partial charge is 0.168 e. The molecule has 0 amide bonds. The van der Waals surface area contributed by atoms with Crippen LogP contribution in [0.15, 0.2) is 41.0 Å². The molecule has 0 fully saturated rings. The average Bonchev–Trinajstić information content (AvgIpc) is 2.75. The molecule has 3 rings (SSSR count). The van der Waals surface area contributed by atoms with Gasteiger partial charge in [0, 0.05) is 21.9 Å². The van der Waals surface area contributed by atoms with Gasteiger partial charge in [0.05, 0.1) is 0 Å². The van der Waals surface area contributed by atoms with Crippen LogP contribution in [0.4, 0.5) is 5.69 Å². The van der Waals surface area contributed by atoms with Gasteiger partial charge in [-0.05, 0) is 30.7 Å². The summed E-state index contributed by atoms with van der Waals surface area (Å²) in [5.41, 5.74) is 9.47. The maximum atomic E-state index is 5.81. The first-order valence-corrected chi connectivity index (χ1v) is 6.32. The first kappa shape index (κ1) is 11.2. The fourth-order valence-corrected chi connectivity index (χ4v) is 2.31. The van der Waals surface area contributed by atoms with Crippen molar-refractivity contribution in [1.29, 1.82) is 0 Å². The molecule has 0 bridgehead atoms. The summed E-state index contributed by atoms with van der Waals surface area (Å²) in [5, 5.41) is 8.39. The predicted octanol–water partition coefficient (Wildman–Crippen LogP) is 3.05. The lowest BCUT2D eigenvalue weighted by atomic mass is 10.1. The number of fused-ring (bicyclic) bond motifs is 1. The van der Waals surface area contributed by atoms with Gasteiger partial charge in [0.15, 0.2) is 11.5 Å². The topological polar surface area (TPSA) is 56.2 Å². The van der Waals surface area contributed by atoms with Crippen LogP contribution in [0, 0.1) is 6.92 Å². The van der Waals surface area contributed by atoms with Crippen molar-refractivity contribution in [2.75, 3.05) is 5.73 Å². The highest BCUT2D eigenvalue weighted by atomic mass is 79.9. The molecule has 0 unspecified atom stereocenters. The maximum absolute atomic E-state index is 5.81. The Labute approximate surface area is 113 Å². The molecule has 0 radical (unpaired) electrons. The number of hydrogen-bond donors (Lipinski definition) is 1. The Kier molecular flexibility index (Phi) is 2.56. The van der Waals surface area contributed by atoms with E-state index in [9.17, 15) is 0 Å². The third-order valence-electron chi connectivity index (χ3n) is 2.93. The minimum absolute atomic E-state index is 0.691. The molecular weight excluding hydrogens is 292 g/mol. The van der Waals surface area contributed by atoms with Crippen LogP contribution in [0.25, 0.3) is 17.0 Å². The van der Waals surface area contributed by atoms with Gasteiger partial charge in [-0.25, -0.2) is 0 Å². The summed E-state index contributed by atoms with van der Waals surface area (Å²) in [6, 6.07) is 9.71. The van der Waals surface area contributed by atoms with Crippen molar-refractivity contribution in [3.8, 4) is 11.4 Å². The Morgan fingerprint density at radius 3 is 2.83 bits per heavy atom. The van der Waals surface area contributed by atoms with E-state index in [4.69, 9.17) is 5.73 Å². The van der Waals surface area contributed by atoms with Gasteiger partial charge in [-0.2, -0.15) is 0 Å². The van der Waals surface area contributed by atoms with Gasteiger partial charge in [-0.15, -0.1) is 10.2 Å². The SMILES string of the molecule is Cc1c(Br)cccc1-c1nnc2ccc(N)cn12. The molecule has 0 saturated heterocycles. The Morgan fingerprint density at radius 2 is 2.00 bits per heavy atom. The molecule has 2 heterocycles. The van der Waals surface area contributed by atoms with E-state index < -0.39 is 0 Å². The van der Waals surface area contributed by atoms with Crippen molar-refractivity contribution < 1.29 is 0 Å². The second-order valence-corrected chi connectivity index (χ2v) is 4.98. The molecule has 3 aromatic rings. The van der Waals surface area contributed by atoms with Crippen molar-refractivity contribution >= 4 is 27.3 Å². The zero-order valence-corrected chi connectivity index (χ0v) is 11.3. The molecular formula is C13H11BrN4. The molecule has 90 valence electrons. The Balaban J connectivity index is 2.32. The number of nitrogens with zero attached hydrogens (tertiary/aromatic N) is 3. The van der Waals surface area contributed by atoms with Crippen LogP contribution in [0.3, 0.4) is 0 Å². The number of benzene rings is 1. The third kappa shape index (κ3) is 1.67. The second-order valence-electron chi connectivity index (χ2n) is 4.13. The molecule has 0 saturated carbocycles. The number of nitrogens with two attached hydrogens (primary N) is 1. The van der Waals surface area contributed by atoms with Crippen LogP contribution in [0.1, 0.15) is 5.56 Å². The summed E-state index contributed by atoms with van der Waals surface area (Å²) in [5.74, 6) is 0.802. The molecule has 5 heteroatoms. The summed E-state index contributed by atoms with van der Waals surface area (Å²) < 4.78 is 2.96. The van der Waals surface area contributed by atoms with Crippen molar-refractivity contribution in [3.05, 3.63) is 46.6 Å². The number of hydrogen-bond acceptors (Lipinski definition) is 3. The summed E-state index contributed by atoms with van der Waals surface area (Å²) in [6.45, 7) is 2.05. The molecule has 0 atom stereocenters. The van der Waals surface area contributed by atoms with Gasteiger partial charge in [-0.1, -0.05) is 28.1 Å². The minimum Gasteiger partial charge on any atom is -0.398 e. The van der Waals surface area contributed by atoms with E-state index in [1.54, 1.807) is 0 Å². The number of aromatic nitrogens is 3. The van der Waals surface area contributed by atoms with E-state index in [0.717, 1.165) is 27.1 Å². The van der Waals surface area contributed by atoms with Gasteiger partial charge in [0.2, 0.25) is 0 Å². The van der Waals surface area contributed by atoms with Crippen LogP contribution in [0.5, 0.6) is 0 Å². The first-order valence-electron chi connectivity index (χ1n) is 5.52. The number of rotatable bonds is 1. The van der Waals surface area contributed by atoms with Crippen LogP contribution in [0.2, 0.25) is 0 Å².